The molecule has 2 nitrogen and oxygen atoms in total. The normalized spacial score (nSPS) is 22.2. The molecular weight excluding hydrogens is 307 g/mol. The summed E-state index contributed by atoms with van der Waals surface area (Å²) in [4.78, 5) is 2.35. The smallest absolute Gasteiger partial charge is 0.139 e. The van der Waals surface area contributed by atoms with Gasteiger partial charge in [0.2, 0.25) is 0 Å². The van der Waals surface area contributed by atoms with Crippen LogP contribution in [0.1, 0.15) is 31.2 Å². The third-order valence-corrected chi connectivity index (χ3v) is 5.12. The van der Waals surface area contributed by atoms with Gasteiger partial charge < -0.3 is 10.2 Å². The Morgan fingerprint density at radius 2 is 2.05 bits per heavy atom. The molecule has 0 unspecified atom stereocenters. The van der Waals surface area contributed by atoms with Gasteiger partial charge in [0.15, 0.2) is 0 Å². The van der Waals surface area contributed by atoms with E-state index in [4.69, 9.17) is 0 Å². The molecule has 104 valence electrons. The van der Waals surface area contributed by atoms with E-state index in [1.165, 1.54) is 25.7 Å². The quantitative estimate of drug-likeness (QED) is 0.848. The lowest BCUT2D eigenvalue weighted by Gasteiger charge is -2.43. The number of benzene rings is 1. The fraction of sp³-hybridized carbons (Fsp3) is 0.600. The zero-order chi connectivity index (χ0) is 13.5. The van der Waals surface area contributed by atoms with Gasteiger partial charge in [-0.15, -0.1) is 0 Å². The molecule has 1 aliphatic heterocycles. The largest absolute Gasteiger partial charge is 0.368 e. The second-order valence-electron chi connectivity index (χ2n) is 5.89. The number of nitrogens with one attached hydrogen (secondary N) is 1. The molecule has 1 spiro atoms. The van der Waals surface area contributed by atoms with Crippen molar-refractivity contribution in [1.29, 1.82) is 0 Å². The van der Waals surface area contributed by atoms with Crippen molar-refractivity contribution >= 4 is 21.6 Å². The first kappa shape index (κ1) is 13.4. The summed E-state index contributed by atoms with van der Waals surface area (Å²) in [6.45, 7) is 5.03. The Balaban J connectivity index is 1.87. The number of aryl methyl sites for hydroxylation is 1. The number of nitrogens with zero attached hydrogens (tertiary/aromatic N) is 1. The maximum Gasteiger partial charge on any atom is 0.139 e. The molecular formula is C15H20BrFN2. The molecule has 2 aliphatic rings. The van der Waals surface area contributed by atoms with Gasteiger partial charge in [0, 0.05) is 30.9 Å². The molecule has 1 aromatic carbocycles. The summed E-state index contributed by atoms with van der Waals surface area (Å²) in [5, 5.41) is 3.69. The fourth-order valence-corrected chi connectivity index (χ4v) is 3.98. The van der Waals surface area contributed by atoms with Crippen molar-refractivity contribution in [3.63, 3.8) is 0 Å². The lowest BCUT2D eigenvalue weighted by molar-refractivity contribution is 0.303. The summed E-state index contributed by atoms with van der Waals surface area (Å²) in [7, 11) is 0. The average Bonchev–Trinajstić information content (AvgIpc) is 2.82. The first-order valence-electron chi connectivity index (χ1n) is 7.05. The van der Waals surface area contributed by atoms with Crippen LogP contribution in [0.5, 0.6) is 0 Å². The summed E-state index contributed by atoms with van der Waals surface area (Å²) >= 11 is 3.26. The van der Waals surface area contributed by atoms with E-state index >= 15 is 0 Å². The van der Waals surface area contributed by atoms with Crippen LogP contribution in [0.2, 0.25) is 0 Å². The highest BCUT2D eigenvalue weighted by Gasteiger charge is 2.38. The van der Waals surface area contributed by atoms with E-state index in [-0.39, 0.29) is 11.4 Å². The molecule has 3 rings (SSSR count). The molecule has 0 radical (unpaired) electrons. The molecule has 0 amide bonds. The van der Waals surface area contributed by atoms with Gasteiger partial charge in [0.25, 0.3) is 0 Å². The van der Waals surface area contributed by atoms with Gasteiger partial charge in [0.05, 0.1) is 4.47 Å². The second-order valence-corrected chi connectivity index (χ2v) is 6.74. The van der Waals surface area contributed by atoms with Gasteiger partial charge in [0.1, 0.15) is 5.82 Å². The van der Waals surface area contributed by atoms with Crippen LogP contribution in [0.25, 0.3) is 0 Å². The van der Waals surface area contributed by atoms with Crippen LogP contribution in [0, 0.1) is 12.7 Å². The first-order chi connectivity index (χ1) is 9.10. The van der Waals surface area contributed by atoms with Gasteiger partial charge >= 0.3 is 0 Å². The Labute approximate surface area is 122 Å². The zero-order valence-electron chi connectivity index (χ0n) is 11.3. The predicted molar refractivity (Wildman–Crippen MR) is 80.3 cm³/mol. The van der Waals surface area contributed by atoms with E-state index in [0.29, 0.717) is 4.47 Å². The molecule has 1 aliphatic carbocycles. The molecule has 19 heavy (non-hydrogen) atoms. The molecule has 4 heteroatoms. The van der Waals surface area contributed by atoms with Crippen molar-refractivity contribution in [2.24, 2.45) is 0 Å². The summed E-state index contributed by atoms with van der Waals surface area (Å²) in [5.41, 5.74) is 2.46. The van der Waals surface area contributed by atoms with E-state index in [9.17, 15) is 4.39 Å². The molecule has 1 saturated heterocycles. The number of hydrogen-bond donors (Lipinski definition) is 1. The van der Waals surface area contributed by atoms with Crippen LogP contribution < -0.4 is 10.2 Å². The maximum absolute atomic E-state index is 13.8. The van der Waals surface area contributed by atoms with E-state index in [1.54, 1.807) is 6.07 Å². The molecule has 0 atom stereocenters. The minimum Gasteiger partial charge on any atom is -0.368 e. The summed E-state index contributed by atoms with van der Waals surface area (Å²) in [6.07, 6.45) is 5.13. The number of anilines is 1. The SMILES string of the molecule is Cc1cc(Br)c(F)cc1N1CCNC2(CCCC2)C1. The Hall–Kier alpha value is -0.610. The van der Waals surface area contributed by atoms with Crippen molar-refractivity contribution in [2.75, 3.05) is 24.5 Å². The van der Waals surface area contributed by atoms with E-state index in [1.807, 2.05) is 6.07 Å². The third-order valence-electron chi connectivity index (χ3n) is 4.52. The molecule has 2 fully saturated rings. The Bertz CT molecular complexity index is 483. The van der Waals surface area contributed by atoms with Crippen molar-refractivity contribution in [2.45, 2.75) is 38.1 Å². The van der Waals surface area contributed by atoms with E-state index in [0.717, 1.165) is 30.9 Å². The number of rotatable bonds is 1. The average molecular weight is 327 g/mol. The molecule has 0 bridgehead atoms. The van der Waals surface area contributed by atoms with Gasteiger partial charge in [-0.1, -0.05) is 12.8 Å². The highest BCUT2D eigenvalue weighted by Crippen LogP contribution is 2.35. The minimum absolute atomic E-state index is 0.167. The van der Waals surface area contributed by atoms with E-state index < -0.39 is 0 Å². The molecule has 1 heterocycles. The van der Waals surface area contributed by atoms with Crippen molar-refractivity contribution < 1.29 is 4.39 Å². The second kappa shape index (κ2) is 5.06. The minimum atomic E-state index is -0.167. The monoisotopic (exact) mass is 326 g/mol. The van der Waals surface area contributed by atoms with Crippen LogP contribution in [-0.2, 0) is 0 Å². The Kier molecular flexibility index (Phi) is 3.56. The zero-order valence-corrected chi connectivity index (χ0v) is 12.9. The van der Waals surface area contributed by atoms with Gasteiger partial charge in [-0.25, -0.2) is 4.39 Å². The molecule has 1 N–H and O–H groups in total. The van der Waals surface area contributed by atoms with Crippen LogP contribution in [0.3, 0.4) is 0 Å². The summed E-state index contributed by atoms with van der Waals surface area (Å²) in [5.74, 6) is -0.167. The molecule has 1 saturated carbocycles. The number of halogens is 2. The highest BCUT2D eigenvalue weighted by atomic mass is 79.9. The predicted octanol–water partition coefficient (Wildman–Crippen LogP) is 3.62. The van der Waals surface area contributed by atoms with Crippen molar-refractivity contribution in [1.82, 2.24) is 5.32 Å². The Morgan fingerprint density at radius 3 is 2.79 bits per heavy atom. The van der Waals surface area contributed by atoms with Gasteiger partial charge in [-0.2, -0.15) is 0 Å². The topological polar surface area (TPSA) is 15.3 Å². The standard InChI is InChI=1S/C15H20BrFN2/c1-11-8-12(16)13(17)9-14(11)19-7-6-18-15(10-19)4-2-3-5-15/h8-9,18H,2-7,10H2,1H3. The number of piperazine rings is 1. The maximum atomic E-state index is 13.8. The van der Waals surface area contributed by atoms with Crippen molar-refractivity contribution in [3.05, 3.63) is 28.0 Å². The Morgan fingerprint density at radius 1 is 1.32 bits per heavy atom. The van der Waals surface area contributed by atoms with Crippen LogP contribution >= 0.6 is 15.9 Å². The molecule has 0 aromatic heterocycles. The van der Waals surface area contributed by atoms with Crippen LogP contribution in [-0.4, -0.2) is 25.2 Å². The van der Waals surface area contributed by atoms with Crippen molar-refractivity contribution in [3.8, 4) is 0 Å². The highest BCUT2D eigenvalue weighted by molar-refractivity contribution is 9.10. The van der Waals surface area contributed by atoms with Gasteiger partial charge in [-0.05, 0) is 53.4 Å². The number of hydrogen-bond acceptors (Lipinski definition) is 2. The van der Waals surface area contributed by atoms with Crippen LogP contribution in [0.15, 0.2) is 16.6 Å². The summed E-state index contributed by atoms with van der Waals surface area (Å²) in [6, 6.07) is 3.56. The third kappa shape index (κ3) is 2.52. The lowest BCUT2D eigenvalue weighted by Crippen LogP contribution is -2.59. The lowest BCUT2D eigenvalue weighted by atomic mass is 9.94. The first-order valence-corrected chi connectivity index (χ1v) is 7.85. The molecule has 1 aromatic rings. The van der Waals surface area contributed by atoms with Gasteiger partial charge in [-0.3, -0.25) is 0 Å². The fourth-order valence-electron chi connectivity index (χ4n) is 3.53. The summed E-state index contributed by atoms with van der Waals surface area (Å²) < 4.78 is 14.3. The van der Waals surface area contributed by atoms with E-state index in [2.05, 4.69) is 33.1 Å². The van der Waals surface area contributed by atoms with Crippen LogP contribution in [0.4, 0.5) is 10.1 Å².